The second-order valence-electron chi connectivity index (χ2n) is 5.01. The molecule has 2 aromatic carbocycles. The van der Waals surface area contributed by atoms with Crippen molar-refractivity contribution in [3.63, 3.8) is 0 Å². The summed E-state index contributed by atoms with van der Waals surface area (Å²) in [5.74, 6) is -0.443. The summed E-state index contributed by atoms with van der Waals surface area (Å²) in [4.78, 5) is 33.5. The second-order valence-corrected chi connectivity index (χ2v) is 5.01. The van der Waals surface area contributed by atoms with E-state index >= 15 is 0 Å². The van der Waals surface area contributed by atoms with E-state index in [2.05, 4.69) is 15.5 Å². The Kier molecular flexibility index (Phi) is 3.94. The zero-order valence-corrected chi connectivity index (χ0v) is 12.3. The van der Waals surface area contributed by atoms with Gasteiger partial charge in [0, 0.05) is 29.4 Å². The lowest BCUT2D eigenvalue weighted by Crippen LogP contribution is -2.11. The van der Waals surface area contributed by atoms with Gasteiger partial charge >= 0.3 is 0 Å². The Bertz CT molecular complexity index is 956. The predicted octanol–water partition coefficient (Wildman–Crippen LogP) is 2.53. The lowest BCUT2D eigenvalue weighted by molar-refractivity contribution is -0.384. The molecule has 0 fully saturated rings. The Morgan fingerprint density at radius 1 is 1.04 bits per heavy atom. The summed E-state index contributed by atoms with van der Waals surface area (Å²) < 4.78 is 0. The smallest absolute Gasteiger partial charge is 0.270 e. The van der Waals surface area contributed by atoms with Crippen LogP contribution in [0.3, 0.4) is 0 Å². The van der Waals surface area contributed by atoms with Gasteiger partial charge in [0.2, 0.25) is 0 Å². The Hall–Kier alpha value is -3.68. The molecule has 0 saturated heterocycles. The molecule has 0 saturated carbocycles. The summed E-state index contributed by atoms with van der Waals surface area (Å²) in [6.07, 6.45) is 0. The van der Waals surface area contributed by atoms with Crippen LogP contribution in [0.4, 0.5) is 11.4 Å². The molecular weight excluding hydrogens is 312 g/mol. The van der Waals surface area contributed by atoms with Crippen LogP contribution < -0.4 is 10.9 Å². The molecule has 120 valence electrons. The van der Waals surface area contributed by atoms with Gasteiger partial charge in [0.25, 0.3) is 17.2 Å². The van der Waals surface area contributed by atoms with E-state index in [1.54, 1.807) is 24.3 Å². The molecule has 1 heterocycles. The zero-order valence-electron chi connectivity index (χ0n) is 12.3. The number of nitrogens with zero attached hydrogens (tertiary/aromatic N) is 1. The molecule has 0 bridgehead atoms. The molecule has 3 aromatic rings. The number of nitro groups is 1. The number of nitro benzene ring substituents is 1. The quantitative estimate of drug-likeness (QED) is 0.504. The topological polar surface area (TPSA) is 121 Å². The minimum absolute atomic E-state index is 0.144. The monoisotopic (exact) mass is 324 g/mol. The Labute approximate surface area is 135 Å². The van der Waals surface area contributed by atoms with E-state index in [1.165, 1.54) is 30.3 Å². The van der Waals surface area contributed by atoms with Crippen LogP contribution in [-0.4, -0.2) is 21.0 Å². The van der Waals surface area contributed by atoms with Crippen molar-refractivity contribution in [2.45, 2.75) is 0 Å². The van der Waals surface area contributed by atoms with Crippen LogP contribution in [0.2, 0.25) is 0 Å². The number of benzene rings is 2. The van der Waals surface area contributed by atoms with Gasteiger partial charge < -0.3 is 5.32 Å². The highest BCUT2D eigenvalue weighted by Crippen LogP contribution is 2.19. The number of carbonyl (C=O) groups is 1. The standard InChI is InChI=1S/C16H12N4O4/c21-15-9-14(18-19-15)10-4-6-12(7-5-10)17-16(22)11-2-1-3-13(8-11)20(23)24/h1-9H,(H,17,22)(H2,18,19,21). The fourth-order valence-corrected chi connectivity index (χ4v) is 2.18. The van der Waals surface area contributed by atoms with E-state index in [0.717, 1.165) is 5.56 Å². The maximum absolute atomic E-state index is 12.2. The molecule has 3 rings (SSSR count). The summed E-state index contributed by atoms with van der Waals surface area (Å²) in [6.45, 7) is 0. The van der Waals surface area contributed by atoms with Gasteiger partial charge in [0.1, 0.15) is 0 Å². The van der Waals surface area contributed by atoms with Crippen molar-refractivity contribution in [3.05, 3.63) is 80.6 Å². The number of hydrogen-bond donors (Lipinski definition) is 3. The fourth-order valence-electron chi connectivity index (χ4n) is 2.18. The van der Waals surface area contributed by atoms with Gasteiger partial charge in [-0.25, -0.2) is 0 Å². The molecular formula is C16H12N4O4. The minimum Gasteiger partial charge on any atom is -0.322 e. The van der Waals surface area contributed by atoms with Crippen molar-refractivity contribution in [3.8, 4) is 11.3 Å². The van der Waals surface area contributed by atoms with E-state index in [9.17, 15) is 19.7 Å². The normalized spacial score (nSPS) is 10.3. The van der Waals surface area contributed by atoms with Gasteiger partial charge in [-0.2, -0.15) is 0 Å². The molecule has 0 aliphatic heterocycles. The highest BCUT2D eigenvalue weighted by Gasteiger charge is 2.11. The third kappa shape index (κ3) is 3.22. The molecule has 24 heavy (non-hydrogen) atoms. The van der Waals surface area contributed by atoms with Crippen LogP contribution in [-0.2, 0) is 0 Å². The number of nitrogens with one attached hydrogen (secondary N) is 3. The first-order chi connectivity index (χ1) is 11.5. The van der Waals surface area contributed by atoms with Gasteiger partial charge in [0.05, 0.1) is 10.6 Å². The van der Waals surface area contributed by atoms with Crippen molar-refractivity contribution in [2.75, 3.05) is 5.32 Å². The van der Waals surface area contributed by atoms with Crippen LogP contribution in [0.1, 0.15) is 10.4 Å². The average molecular weight is 324 g/mol. The number of non-ortho nitro benzene ring substituents is 1. The molecule has 0 aliphatic carbocycles. The maximum atomic E-state index is 12.2. The van der Waals surface area contributed by atoms with E-state index in [-0.39, 0.29) is 16.8 Å². The second kappa shape index (κ2) is 6.21. The number of H-pyrrole nitrogens is 2. The highest BCUT2D eigenvalue weighted by molar-refractivity contribution is 6.04. The largest absolute Gasteiger partial charge is 0.322 e. The Morgan fingerprint density at radius 2 is 1.79 bits per heavy atom. The summed E-state index contributed by atoms with van der Waals surface area (Å²) in [5.41, 5.74) is 1.78. The van der Waals surface area contributed by atoms with E-state index in [4.69, 9.17) is 0 Å². The van der Waals surface area contributed by atoms with Crippen molar-refractivity contribution in [2.24, 2.45) is 0 Å². The molecule has 0 unspecified atom stereocenters. The highest BCUT2D eigenvalue weighted by atomic mass is 16.6. The van der Waals surface area contributed by atoms with E-state index < -0.39 is 10.8 Å². The minimum atomic E-state index is -0.552. The van der Waals surface area contributed by atoms with E-state index in [1.807, 2.05) is 0 Å². The first kappa shape index (κ1) is 15.2. The molecule has 0 aliphatic rings. The van der Waals surface area contributed by atoms with Gasteiger partial charge in [-0.3, -0.25) is 29.9 Å². The van der Waals surface area contributed by atoms with Crippen molar-refractivity contribution in [1.82, 2.24) is 10.2 Å². The molecule has 0 radical (unpaired) electrons. The Balaban J connectivity index is 1.76. The van der Waals surface area contributed by atoms with Gasteiger partial charge in [0.15, 0.2) is 0 Å². The molecule has 0 spiro atoms. The number of aromatic amines is 2. The number of anilines is 1. The van der Waals surface area contributed by atoms with Crippen LogP contribution in [0.5, 0.6) is 0 Å². The van der Waals surface area contributed by atoms with Crippen LogP contribution in [0, 0.1) is 10.1 Å². The number of amides is 1. The maximum Gasteiger partial charge on any atom is 0.270 e. The van der Waals surface area contributed by atoms with Gasteiger partial charge in [-0.15, -0.1) is 0 Å². The van der Waals surface area contributed by atoms with E-state index in [0.29, 0.717) is 11.4 Å². The van der Waals surface area contributed by atoms with Crippen LogP contribution >= 0.6 is 0 Å². The van der Waals surface area contributed by atoms with Gasteiger partial charge in [-0.1, -0.05) is 18.2 Å². The summed E-state index contributed by atoms with van der Waals surface area (Å²) in [5, 5.41) is 18.6. The summed E-state index contributed by atoms with van der Waals surface area (Å²) in [7, 11) is 0. The first-order valence-corrected chi connectivity index (χ1v) is 6.97. The molecule has 8 heteroatoms. The molecule has 1 amide bonds. The first-order valence-electron chi connectivity index (χ1n) is 6.97. The predicted molar refractivity (Wildman–Crippen MR) is 87.9 cm³/mol. The number of hydrogen-bond acceptors (Lipinski definition) is 4. The fraction of sp³-hybridized carbons (Fsp3) is 0. The summed E-state index contributed by atoms with van der Waals surface area (Å²) >= 11 is 0. The lowest BCUT2D eigenvalue weighted by atomic mass is 10.1. The number of carbonyl (C=O) groups excluding carboxylic acids is 1. The SMILES string of the molecule is O=C(Nc1ccc(-c2cc(=O)[nH][nH]2)cc1)c1cccc([N+](=O)[O-])c1. The number of rotatable bonds is 4. The van der Waals surface area contributed by atoms with Crippen molar-refractivity contribution >= 4 is 17.3 Å². The average Bonchev–Trinajstić information content (AvgIpc) is 3.02. The van der Waals surface area contributed by atoms with Crippen molar-refractivity contribution < 1.29 is 9.72 Å². The Morgan fingerprint density at radius 3 is 2.42 bits per heavy atom. The van der Waals surface area contributed by atoms with Crippen LogP contribution in [0.25, 0.3) is 11.3 Å². The van der Waals surface area contributed by atoms with Gasteiger partial charge in [-0.05, 0) is 23.8 Å². The lowest BCUT2D eigenvalue weighted by Gasteiger charge is -2.06. The number of aromatic nitrogens is 2. The molecule has 3 N–H and O–H groups in total. The van der Waals surface area contributed by atoms with Crippen molar-refractivity contribution in [1.29, 1.82) is 0 Å². The van der Waals surface area contributed by atoms with Crippen LogP contribution in [0.15, 0.2) is 59.4 Å². The summed E-state index contributed by atoms with van der Waals surface area (Å²) in [6, 6.07) is 13.8. The molecule has 8 nitrogen and oxygen atoms in total. The zero-order chi connectivity index (χ0) is 17.1. The third-order valence-electron chi connectivity index (χ3n) is 3.37. The molecule has 0 atom stereocenters. The third-order valence-corrected chi connectivity index (χ3v) is 3.37. The molecule has 1 aromatic heterocycles.